The van der Waals surface area contributed by atoms with Gasteiger partial charge >= 0.3 is 0 Å². The highest BCUT2D eigenvalue weighted by molar-refractivity contribution is 7.18. The molecule has 2 unspecified atom stereocenters. The summed E-state index contributed by atoms with van der Waals surface area (Å²) in [5.41, 5.74) is 6.56. The van der Waals surface area contributed by atoms with E-state index in [0.29, 0.717) is 31.2 Å². The van der Waals surface area contributed by atoms with Crippen LogP contribution in [0.25, 0.3) is 10.2 Å². The molecule has 0 saturated carbocycles. The summed E-state index contributed by atoms with van der Waals surface area (Å²) in [6.45, 7) is 2.55. The van der Waals surface area contributed by atoms with Crippen LogP contribution in [0.1, 0.15) is 35.4 Å². The van der Waals surface area contributed by atoms with Crippen molar-refractivity contribution >= 4 is 33.4 Å². The van der Waals surface area contributed by atoms with Crippen molar-refractivity contribution in [2.45, 2.75) is 32.1 Å². The number of H-pyrrole nitrogens is 1. The Hall–Kier alpha value is -2.81. The highest BCUT2D eigenvalue weighted by Gasteiger charge is 2.41. The van der Waals surface area contributed by atoms with Gasteiger partial charge in [-0.2, -0.15) is 5.10 Å². The molecule has 0 bridgehead atoms. The molecule has 2 aromatic heterocycles. The van der Waals surface area contributed by atoms with Crippen LogP contribution in [0, 0.1) is 12.8 Å². The average Bonchev–Trinajstić information content (AvgIpc) is 3.38. The van der Waals surface area contributed by atoms with Crippen LogP contribution in [0.15, 0.2) is 24.3 Å². The molecule has 146 valence electrons. The van der Waals surface area contributed by atoms with Gasteiger partial charge in [0.15, 0.2) is 5.82 Å². The number of hydrogen-bond acceptors (Lipinski definition) is 6. The van der Waals surface area contributed by atoms with Crippen LogP contribution >= 0.6 is 11.3 Å². The van der Waals surface area contributed by atoms with Gasteiger partial charge in [-0.15, -0.1) is 11.3 Å². The number of aromatic amines is 1. The molecule has 2 atom stereocenters. The zero-order chi connectivity index (χ0) is 19.7. The number of benzene rings is 1. The molecule has 0 aliphatic carbocycles. The maximum Gasteiger partial charge on any atom is 0.223 e. The summed E-state index contributed by atoms with van der Waals surface area (Å²) in [5, 5.41) is 7.99. The third-order valence-electron chi connectivity index (χ3n) is 5.10. The van der Waals surface area contributed by atoms with Crippen LogP contribution in [0.5, 0.6) is 0 Å². The number of carbonyl (C=O) groups is 2. The van der Waals surface area contributed by atoms with Gasteiger partial charge in [-0.3, -0.25) is 14.7 Å². The van der Waals surface area contributed by atoms with Gasteiger partial charge in [0.1, 0.15) is 5.82 Å². The number of nitrogens with zero attached hydrogens (tertiary/aromatic N) is 4. The number of rotatable bonds is 6. The fourth-order valence-corrected chi connectivity index (χ4v) is 4.67. The Morgan fingerprint density at radius 2 is 2.11 bits per heavy atom. The third-order valence-corrected chi connectivity index (χ3v) is 6.20. The van der Waals surface area contributed by atoms with Crippen molar-refractivity contribution in [1.82, 2.24) is 25.1 Å². The van der Waals surface area contributed by atoms with Crippen molar-refractivity contribution in [3.05, 3.63) is 40.9 Å². The van der Waals surface area contributed by atoms with Crippen molar-refractivity contribution in [3.8, 4) is 0 Å². The van der Waals surface area contributed by atoms with E-state index in [1.807, 2.05) is 18.2 Å². The molecular formula is C19H22N6O2S. The van der Waals surface area contributed by atoms with Gasteiger partial charge in [0, 0.05) is 19.5 Å². The molecule has 0 radical (unpaired) electrons. The minimum absolute atomic E-state index is 0.0297. The van der Waals surface area contributed by atoms with Gasteiger partial charge in [0.2, 0.25) is 11.8 Å². The zero-order valence-corrected chi connectivity index (χ0v) is 16.4. The van der Waals surface area contributed by atoms with E-state index in [2.05, 4.69) is 26.2 Å². The lowest BCUT2D eigenvalue weighted by Crippen LogP contribution is -2.31. The summed E-state index contributed by atoms with van der Waals surface area (Å²) >= 11 is 1.67. The van der Waals surface area contributed by atoms with Crippen molar-refractivity contribution in [2.24, 2.45) is 11.7 Å². The number of hydrogen-bond donors (Lipinski definition) is 2. The quantitative estimate of drug-likeness (QED) is 0.656. The van der Waals surface area contributed by atoms with E-state index >= 15 is 0 Å². The number of nitrogens with one attached hydrogen (secondary N) is 1. The maximum atomic E-state index is 12.7. The number of para-hydroxylation sites is 1. The molecule has 9 heteroatoms. The molecule has 28 heavy (non-hydrogen) atoms. The Morgan fingerprint density at radius 3 is 2.82 bits per heavy atom. The largest absolute Gasteiger partial charge is 0.369 e. The van der Waals surface area contributed by atoms with E-state index in [9.17, 15) is 9.59 Å². The Balaban J connectivity index is 1.35. The average molecular weight is 398 g/mol. The molecule has 3 aromatic rings. The minimum atomic E-state index is -0.455. The van der Waals surface area contributed by atoms with Gasteiger partial charge in [0.05, 0.1) is 27.1 Å². The van der Waals surface area contributed by atoms with Crippen molar-refractivity contribution < 1.29 is 9.59 Å². The van der Waals surface area contributed by atoms with E-state index in [-0.39, 0.29) is 11.8 Å². The number of aromatic nitrogens is 4. The zero-order valence-electron chi connectivity index (χ0n) is 15.6. The Labute approximate surface area is 166 Å². The van der Waals surface area contributed by atoms with Crippen LogP contribution in [0.2, 0.25) is 0 Å². The lowest BCUT2D eigenvalue weighted by molar-refractivity contribution is -0.130. The first-order valence-corrected chi connectivity index (χ1v) is 10.1. The van der Waals surface area contributed by atoms with E-state index in [1.54, 1.807) is 23.2 Å². The predicted octanol–water partition coefficient (Wildman–Crippen LogP) is 1.77. The lowest BCUT2D eigenvalue weighted by atomic mass is 9.95. The summed E-state index contributed by atoms with van der Waals surface area (Å²) < 4.78 is 1.16. The maximum absolute atomic E-state index is 12.7. The predicted molar refractivity (Wildman–Crippen MR) is 106 cm³/mol. The number of likely N-dealkylation sites (tertiary alicyclic amines) is 1. The standard InChI is InChI=1S/C19H22N6O2S/c1-11-21-19(24-23-11)13-10-25(9-12(13)18(20)27)17(26)8-4-7-16-22-14-5-2-3-6-15(14)28-16/h2-3,5-6,12-13H,4,7-10H2,1H3,(H2,20,27)(H,21,23,24). The molecule has 1 aromatic carbocycles. The van der Waals surface area contributed by atoms with Gasteiger partial charge < -0.3 is 10.6 Å². The third kappa shape index (κ3) is 3.75. The number of carbonyl (C=O) groups excluding carboxylic acids is 2. The van der Waals surface area contributed by atoms with E-state index in [4.69, 9.17) is 5.73 Å². The number of fused-ring (bicyclic) bond motifs is 1. The summed E-state index contributed by atoms with van der Waals surface area (Å²) in [5.74, 6) is 0.128. The van der Waals surface area contributed by atoms with Crippen LogP contribution in [-0.2, 0) is 16.0 Å². The van der Waals surface area contributed by atoms with Crippen LogP contribution in [0.4, 0.5) is 0 Å². The normalized spacial score (nSPS) is 19.4. The minimum Gasteiger partial charge on any atom is -0.369 e. The molecule has 1 fully saturated rings. The summed E-state index contributed by atoms with van der Waals surface area (Å²) in [6, 6.07) is 8.03. The van der Waals surface area contributed by atoms with E-state index in [1.165, 1.54) is 0 Å². The molecule has 0 spiro atoms. The van der Waals surface area contributed by atoms with Crippen LogP contribution in [-0.4, -0.2) is 50.0 Å². The number of amides is 2. The number of aryl methyl sites for hydroxylation is 2. The van der Waals surface area contributed by atoms with E-state index < -0.39 is 11.8 Å². The molecule has 1 saturated heterocycles. The first kappa shape index (κ1) is 18.5. The topological polar surface area (TPSA) is 118 Å². The second-order valence-electron chi connectivity index (χ2n) is 7.12. The molecule has 1 aliphatic rings. The monoisotopic (exact) mass is 398 g/mol. The molecule has 4 rings (SSSR count). The second kappa shape index (κ2) is 7.67. The van der Waals surface area contributed by atoms with Crippen molar-refractivity contribution in [1.29, 1.82) is 0 Å². The number of thiazole rings is 1. The molecule has 3 heterocycles. The molecule has 3 N–H and O–H groups in total. The highest BCUT2D eigenvalue weighted by Crippen LogP contribution is 2.31. The summed E-state index contributed by atoms with van der Waals surface area (Å²) in [4.78, 5) is 35.2. The fourth-order valence-electron chi connectivity index (χ4n) is 3.66. The van der Waals surface area contributed by atoms with Gasteiger partial charge in [-0.05, 0) is 31.9 Å². The summed E-state index contributed by atoms with van der Waals surface area (Å²) in [6.07, 6.45) is 1.91. The smallest absolute Gasteiger partial charge is 0.223 e. The van der Waals surface area contributed by atoms with Crippen LogP contribution < -0.4 is 5.73 Å². The SMILES string of the molecule is Cc1nc(C2CN(C(=O)CCCc3nc4ccccc4s3)CC2C(N)=O)n[nH]1. The Kier molecular flexibility index (Phi) is 5.08. The first-order chi connectivity index (χ1) is 13.5. The molecule has 8 nitrogen and oxygen atoms in total. The Morgan fingerprint density at radius 1 is 1.29 bits per heavy atom. The second-order valence-corrected chi connectivity index (χ2v) is 8.24. The number of nitrogens with two attached hydrogens (primary N) is 1. The molecule has 1 aliphatic heterocycles. The van der Waals surface area contributed by atoms with Crippen molar-refractivity contribution in [2.75, 3.05) is 13.1 Å². The number of primary amides is 1. The lowest BCUT2D eigenvalue weighted by Gasteiger charge is -2.15. The molecule has 2 amide bonds. The van der Waals surface area contributed by atoms with Crippen molar-refractivity contribution in [3.63, 3.8) is 0 Å². The highest BCUT2D eigenvalue weighted by atomic mass is 32.1. The molecular weight excluding hydrogens is 376 g/mol. The van der Waals surface area contributed by atoms with E-state index in [0.717, 1.165) is 28.1 Å². The first-order valence-electron chi connectivity index (χ1n) is 9.31. The fraction of sp³-hybridized carbons (Fsp3) is 0.421. The van der Waals surface area contributed by atoms with Gasteiger partial charge in [-0.1, -0.05) is 12.1 Å². The summed E-state index contributed by atoms with van der Waals surface area (Å²) in [7, 11) is 0. The Bertz CT molecular complexity index is 980. The van der Waals surface area contributed by atoms with Gasteiger partial charge in [0.25, 0.3) is 0 Å². The van der Waals surface area contributed by atoms with Gasteiger partial charge in [-0.25, -0.2) is 9.97 Å². The van der Waals surface area contributed by atoms with Crippen LogP contribution in [0.3, 0.4) is 0 Å².